The molecule has 0 saturated carbocycles. The molecule has 0 amide bonds. The van der Waals surface area contributed by atoms with Gasteiger partial charge in [0.15, 0.2) is 44.0 Å². The van der Waals surface area contributed by atoms with E-state index >= 15 is 0 Å². The first-order valence-electron chi connectivity index (χ1n) is 33.2. The van der Waals surface area contributed by atoms with Crippen LogP contribution in [0.25, 0.3) is 0 Å². The van der Waals surface area contributed by atoms with Crippen LogP contribution in [-0.4, -0.2) is 441 Å². The second kappa shape index (κ2) is 40.0. The zero-order valence-electron chi connectivity index (χ0n) is 55.5. The van der Waals surface area contributed by atoms with Gasteiger partial charge in [-0.25, -0.2) is 0 Å². The van der Waals surface area contributed by atoms with Gasteiger partial charge in [0.1, 0.15) is 176 Å². The van der Waals surface area contributed by atoms with E-state index < -0.39 is 290 Å². The Labute approximate surface area is 595 Å². The third-order valence-corrected chi connectivity index (χ3v) is 20.9. The van der Waals surface area contributed by atoms with Crippen LogP contribution in [0.2, 0.25) is 0 Å². The molecule has 42 nitrogen and oxygen atoms in total. The Kier molecular flexibility index (Phi) is 33.4. The predicted octanol–water partition coefficient (Wildman–Crippen LogP) is -13.0. The Balaban J connectivity index is 1.08. The number of likely N-dealkylation sites (N-methyl/N-ethyl adjacent to an activating group) is 1. The van der Waals surface area contributed by atoms with E-state index in [2.05, 4.69) is 5.32 Å². The van der Waals surface area contributed by atoms with Gasteiger partial charge in [0.05, 0.1) is 77.6 Å². The molecule has 0 aromatic heterocycles. The van der Waals surface area contributed by atoms with Crippen LogP contribution in [0.15, 0.2) is 0 Å². The normalized spacial score (nSPS) is 44.9. The number of aliphatic carboxylic acids is 2. The van der Waals surface area contributed by atoms with E-state index in [4.69, 9.17) is 75.8 Å². The van der Waals surface area contributed by atoms with Crippen molar-refractivity contribution in [3.8, 4) is 0 Å². The van der Waals surface area contributed by atoms with Crippen LogP contribution < -0.4 is 5.32 Å². The highest BCUT2D eigenvalue weighted by Gasteiger charge is 2.60. The Bertz CT molecular complexity index is 2610. The van der Waals surface area contributed by atoms with Crippen molar-refractivity contribution in [3.63, 3.8) is 0 Å². The molecule has 21 fully saturated rings. The molecule has 596 valence electrons. The van der Waals surface area contributed by atoms with Crippen LogP contribution >= 0.6 is 23.5 Å². The average molecular weight is 1540 g/mol. The third-order valence-electron chi connectivity index (χ3n) is 18.6. The molecule has 14 bridgehead atoms. The van der Waals surface area contributed by atoms with Crippen molar-refractivity contribution in [1.82, 2.24) is 5.32 Å². The summed E-state index contributed by atoms with van der Waals surface area (Å²) < 4.78 is 93.3. The van der Waals surface area contributed by atoms with Crippen molar-refractivity contribution >= 4 is 47.0 Å². The minimum atomic E-state index is -2.31. The van der Waals surface area contributed by atoms with E-state index in [-0.39, 0.29) is 62.3 Å². The second-order valence-electron chi connectivity index (χ2n) is 25.7. The zero-order valence-corrected chi connectivity index (χ0v) is 57.2. The Morgan fingerprint density at radius 2 is 0.602 bits per heavy atom. The molecule has 44 heteroatoms. The number of rotatable bonds is 27. The fourth-order valence-corrected chi connectivity index (χ4v) is 15.0. The maximum atomic E-state index is 13.0. The quantitative estimate of drug-likeness (QED) is 0.0340. The van der Waals surface area contributed by atoms with Crippen LogP contribution in [0.3, 0.4) is 0 Å². The van der Waals surface area contributed by atoms with Crippen molar-refractivity contribution in [2.45, 2.75) is 247 Å². The number of carbonyl (C=O) groups is 4. The number of aliphatic hydroxyl groups excluding tert-OH is 19. The lowest BCUT2D eigenvalue weighted by atomic mass is 9.95. The highest BCUT2D eigenvalue weighted by molar-refractivity contribution is 7.99. The summed E-state index contributed by atoms with van der Waals surface area (Å²) in [6, 6.07) is -1.18. The first-order valence-corrected chi connectivity index (χ1v) is 35.5. The Morgan fingerprint density at radius 3 is 0.845 bits per heavy atom. The first-order chi connectivity index (χ1) is 49.0. The molecule has 15 unspecified atom stereocenters. The van der Waals surface area contributed by atoms with E-state index in [9.17, 15) is 126 Å². The summed E-state index contributed by atoms with van der Waals surface area (Å²) in [6.07, 6.45) is -73.1. The number of carboxylic acids is 2. The minimum Gasteiger partial charge on any atom is -0.481 e. The lowest BCUT2D eigenvalue weighted by molar-refractivity contribution is -0.395. The molecular weight excluding hydrogens is 1440 g/mol. The summed E-state index contributed by atoms with van der Waals surface area (Å²) in [7, 11) is 1.35. The molecule has 22 N–H and O–H groups in total. The number of nitrogens with one attached hydrogen (secondary N) is 1. The maximum Gasteiger partial charge on any atom is 0.321 e. The van der Waals surface area contributed by atoms with Gasteiger partial charge < -0.3 is 188 Å². The van der Waals surface area contributed by atoms with Gasteiger partial charge in [-0.3, -0.25) is 19.2 Å². The summed E-state index contributed by atoms with van der Waals surface area (Å²) >= 11 is 1.66. The number of carboxylic acid groups (broad SMARTS) is 2. The maximum absolute atomic E-state index is 13.0. The van der Waals surface area contributed by atoms with Crippen molar-refractivity contribution in [2.24, 2.45) is 5.92 Å². The summed E-state index contributed by atoms with van der Waals surface area (Å²) in [5.41, 5.74) is 0. The van der Waals surface area contributed by atoms with E-state index in [0.29, 0.717) is 0 Å². The molecule has 21 aliphatic rings. The standard InChI is InChI=1S/C59H97NO41S2/c1-19(66)3-5-86-7-8-87-6-4-21(67)9-20(51(82)83)15-102-17-28-49-35(73)42(80)58(93-28)98-47-26(13-64)89-55(38(76)31(47)69)97-46-25(12-63)92-57(41(79)34(46)72)101-50-29(18-103-16-22(60-2)52(84)85)94-59(43(81)36(50)74)99-48-27(14-65)90-54(39(77)32(48)70)95-44-23(10-61)88-53(37(75)30(44)68)96-45-24(11-62)91-56(100-49)40(78)33(45)71/h20,22-50,53-65,68-81H,3-18H2,1-2H3,(H,82,83)(H,84,85)/t20?,22-,23?,24?,25?,26?,27?,28?,29?,30-,31-,32-,33-,34-,35-,36-,37?,38?,39-,40?,41?,42?,43-,44+,45+,46+,47+,48+,49+,50+,53+,54?,55+,56+,57-,58+,59?/m1/s1. The molecule has 0 aromatic carbocycles. The van der Waals surface area contributed by atoms with Crippen molar-refractivity contribution < 1.29 is 202 Å². The second-order valence-corrected chi connectivity index (χ2v) is 27.9. The number of ketones is 2. The molecule has 0 spiro atoms. The van der Waals surface area contributed by atoms with Gasteiger partial charge in [0.25, 0.3) is 0 Å². The lowest BCUT2D eigenvalue weighted by Crippen LogP contribution is -2.68. The summed E-state index contributed by atoms with van der Waals surface area (Å²) in [5, 5.41) is 239. The van der Waals surface area contributed by atoms with E-state index in [0.717, 1.165) is 23.5 Å². The highest BCUT2D eigenvalue weighted by Crippen LogP contribution is 2.40. The molecule has 21 rings (SSSR count). The number of ether oxygens (including phenoxy) is 16. The summed E-state index contributed by atoms with van der Waals surface area (Å²) in [4.78, 5) is 48.7. The van der Waals surface area contributed by atoms with Crippen molar-refractivity contribution in [3.05, 3.63) is 0 Å². The van der Waals surface area contributed by atoms with Gasteiger partial charge in [0.2, 0.25) is 0 Å². The van der Waals surface area contributed by atoms with Crippen LogP contribution in [0, 0.1) is 5.92 Å². The molecule has 21 heterocycles. The Hall–Kier alpha value is -2.46. The molecule has 21 saturated heterocycles. The zero-order chi connectivity index (χ0) is 75.4. The number of thioether (sulfide) groups is 2. The molecule has 0 radical (unpaired) electrons. The molecule has 103 heavy (non-hydrogen) atoms. The van der Waals surface area contributed by atoms with E-state index in [1.165, 1.54) is 14.0 Å². The highest BCUT2D eigenvalue weighted by atomic mass is 32.2. The molecule has 0 aromatic rings. The fourth-order valence-electron chi connectivity index (χ4n) is 12.6. The Morgan fingerprint density at radius 1 is 0.350 bits per heavy atom. The van der Waals surface area contributed by atoms with Gasteiger partial charge in [0, 0.05) is 42.3 Å². The topological polar surface area (TPSA) is 653 Å². The van der Waals surface area contributed by atoms with Gasteiger partial charge in [-0.1, -0.05) is 0 Å². The molecule has 0 aliphatic carbocycles. The average Bonchev–Trinajstić information content (AvgIpc) is 0.785. The summed E-state index contributed by atoms with van der Waals surface area (Å²) in [6.45, 7) is -3.91. The van der Waals surface area contributed by atoms with Gasteiger partial charge >= 0.3 is 11.9 Å². The first kappa shape index (κ1) is 86.1. The van der Waals surface area contributed by atoms with Gasteiger partial charge in [-0.05, 0) is 14.0 Å². The molecular formula is C59H97NO41S2. The number of hydrogen-bond acceptors (Lipinski definition) is 42. The molecule has 37 atom stereocenters. The number of carbonyl (C=O) groups excluding carboxylic acids is 2. The van der Waals surface area contributed by atoms with Gasteiger partial charge in [-0.15, -0.1) is 0 Å². The predicted molar refractivity (Wildman–Crippen MR) is 332 cm³/mol. The van der Waals surface area contributed by atoms with Crippen LogP contribution in [0.4, 0.5) is 0 Å². The number of hydrogen-bond donors (Lipinski definition) is 22. The smallest absolute Gasteiger partial charge is 0.321 e. The molecule has 21 aliphatic heterocycles. The monoisotopic (exact) mass is 1540 g/mol. The van der Waals surface area contributed by atoms with Crippen molar-refractivity contribution in [2.75, 3.05) is 89.5 Å². The lowest BCUT2D eigenvalue weighted by Gasteiger charge is -2.50. The van der Waals surface area contributed by atoms with Crippen LogP contribution in [0.5, 0.6) is 0 Å². The van der Waals surface area contributed by atoms with Crippen LogP contribution in [0.1, 0.15) is 26.2 Å². The number of aliphatic hydroxyl groups is 19. The SMILES string of the molecule is CN[C@H](CSCC1OC2O[C@H]3C(CO)OC(O[C@H]4C(CO)O[C@@H](O[C@H]5C(CO)O[C@@H](O[C@H]6C(CSCC(CC(=O)CCOCCOCCC(C)=O)C(=O)O)O[C@@H](O[C@H]7C(CO)O[C@@H](O[C@H]8C(CO)O[C@H](O[C@@H]1[C@H](O)[C@H]2O)C(O)[C@H]8O)C(O)[C@H]7O)C(O)[C@H]6O)C(O)[C@H]5O)C(O)[C@H]4O)[C@H](O)[C@H]3O)C(=O)O. The van der Waals surface area contributed by atoms with E-state index in [1.54, 1.807) is 0 Å². The van der Waals surface area contributed by atoms with Crippen molar-refractivity contribution in [1.29, 1.82) is 0 Å². The van der Waals surface area contributed by atoms with Gasteiger partial charge in [-0.2, -0.15) is 23.5 Å². The largest absolute Gasteiger partial charge is 0.481 e. The van der Waals surface area contributed by atoms with E-state index in [1.807, 2.05) is 0 Å². The number of Topliss-reactive ketones (excluding diaryl/α,β-unsaturated/α-hetero) is 2. The summed E-state index contributed by atoms with van der Waals surface area (Å²) in [5.74, 6) is -6.08. The van der Waals surface area contributed by atoms with Crippen LogP contribution in [-0.2, 0) is 95.0 Å². The fraction of sp³-hybridized carbons (Fsp3) is 0.932. The minimum absolute atomic E-state index is 0.0645. The third kappa shape index (κ3) is 21.0.